The van der Waals surface area contributed by atoms with Gasteiger partial charge in [0.05, 0.1) is 0 Å². The Hall–Kier alpha value is -1.26. The second-order valence-corrected chi connectivity index (χ2v) is 6.76. The quantitative estimate of drug-likeness (QED) is 0.847. The van der Waals surface area contributed by atoms with Crippen molar-refractivity contribution in [1.82, 2.24) is 10.2 Å². The number of carbonyl (C=O) groups excluding carboxylic acids is 2. The Bertz CT molecular complexity index is 363. The third-order valence-electron chi connectivity index (χ3n) is 3.76. The minimum atomic E-state index is -0.558. The van der Waals surface area contributed by atoms with Crippen LogP contribution >= 0.6 is 0 Å². The summed E-state index contributed by atoms with van der Waals surface area (Å²) in [4.78, 5) is 26.0. The van der Waals surface area contributed by atoms with Gasteiger partial charge in [0.2, 0.25) is 5.91 Å². The predicted octanol–water partition coefficient (Wildman–Crippen LogP) is 2.55. The third-order valence-corrected chi connectivity index (χ3v) is 3.76. The maximum atomic E-state index is 12.4. The van der Waals surface area contributed by atoms with Crippen LogP contribution in [0.25, 0.3) is 0 Å². The van der Waals surface area contributed by atoms with Gasteiger partial charge in [-0.1, -0.05) is 6.92 Å². The van der Waals surface area contributed by atoms with E-state index in [1.165, 1.54) is 0 Å². The van der Waals surface area contributed by atoms with Crippen molar-refractivity contribution in [3.8, 4) is 0 Å². The maximum absolute atomic E-state index is 12.4. The number of amides is 2. The fraction of sp³-hybridized carbons (Fsp3) is 0.867. The van der Waals surface area contributed by atoms with E-state index in [0.29, 0.717) is 5.92 Å². The van der Waals surface area contributed by atoms with Crippen molar-refractivity contribution < 1.29 is 14.3 Å². The highest BCUT2D eigenvalue weighted by Crippen LogP contribution is 2.23. The Morgan fingerprint density at radius 1 is 1.30 bits per heavy atom. The van der Waals surface area contributed by atoms with Crippen LogP contribution in [0.4, 0.5) is 4.79 Å². The smallest absolute Gasteiger partial charge is 0.408 e. The Morgan fingerprint density at radius 2 is 1.90 bits per heavy atom. The number of nitrogens with one attached hydrogen (secondary N) is 1. The molecule has 1 fully saturated rings. The highest BCUT2D eigenvalue weighted by Gasteiger charge is 2.32. The van der Waals surface area contributed by atoms with Crippen molar-refractivity contribution in [3.63, 3.8) is 0 Å². The molecule has 116 valence electrons. The lowest BCUT2D eigenvalue weighted by Gasteiger charge is -2.39. The molecule has 0 saturated carbocycles. The number of likely N-dealkylation sites (tertiary alicyclic amines) is 1. The van der Waals surface area contributed by atoms with Crippen molar-refractivity contribution in [1.29, 1.82) is 0 Å². The second-order valence-electron chi connectivity index (χ2n) is 6.76. The van der Waals surface area contributed by atoms with E-state index >= 15 is 0 Å². The first-order valence-corrected chi connectivity index (χ1v) is 7.42. The number of hydrogen-bond donors (Lipinski definition) is 1. The van der Waals surface area contributed by atoms with Gasteiger partial charge >= 0.3 is 6.09 Å². The number of rotatable bonds is 2. The van der Waals surface area contributed by atoms with E-state index < -0.39 is 17.7 Å². The van der Waals surface area contributed by atoms with Crippen LogP contribution in [0.5, 0.6) is 0 Å². The average molecular weight is 284 g/mol. The van der Waals surface area contributed by atoms with Crippen molar-refractivity contribution in [2.45, 2.75) is 72.1 Å². The molecule has 1 N–H and O–H groups in total. The highest BCUT2D eigenvalue weighted by atomic mass is 16.6. The van der Waals surface area contributed by atoms with Crippen LogP contribution < -0.4 is 5.32 Å². The first-order chi connectivity index (χ1) is 9.11. The van der Waals surface area contributed by atoms with E-state index in [2.05, 4.69) is 19.2 Å². The normalized spacial score (nSPS) is 25.0. The lowest BCUT2D eigenvalue weighted by atomic mass is 9.91. The van der Waals surface area contributed by atoms with E-state index in [1.54, 1.807) is 27.7 Å². The number of carbonyl (C=O) groups is 2. The molecule has 0 radical (unpaired) electrons. The highest BCUT2D eigenvalue weighted by molar-refractivity contribution is 5.85. The Balaban J connectivity index is 2.56. The molecule has 3 atom stereocenters. The summed E-state index contributed by atoms with van der Waals surface area (Å²) in [6, 6.07) is -0.336. The Morgan fingerprint density at radius 3 is 2.45 bits per heavy atom. The number of alkyl carbamates (subject to hydrolysis) is 1. The monoisotopic (exact) mass is 284 g/mol. The summed E-state index contributed by atoms with van der Waals surface area (Å²) < 4.78 is 5.17. The molecule has 0 aromatic carbocycles. The summed E-state index contributed by atoms with van der Waals surface area (Å²) in [6.07, 6.45) is 1.63. The summed E-state index contributed by atoms with van der Waals surface area (Å²) in [6.45, 7) is 12.1. The summed E-state index contributed by atoms with van der Waals surface area (Å²) in [5.41, 5.74) is -0.556. The van der Waals surface area contributed by atoms with Gasteiger partial charge in [-0.15, -0.1) is 0 Å². The molecule has 5 nitrogen and oxygen atoms in total. The number of piperidine rings is 1. The molecule has 1 aliphatic rings. The van der Waals surface area contributed by atoms with Crippen molar-refractivity contribution in [3.05, 3.63) is 0 Å². The van der Waals surface area contributed by atoms with Crippen LogP contribution in [0.15, 0.2) is 0 Å². The molecule has 0 aliphatic carbocycles. The summed E-state index contributed by atoms with van der Waals surface area (Å²) in [5, 5.41) is 2.62. The Kier molecular flexibility index (Phi) is 5.42. The van der Waals surface area contributed by atoms with E-state index in [0.717, 1.165) is 19.4 Å². The predicted molar refractivity (Wildman–Crippen MR) is 78.4 cm³/mol. The van der Waals surface area contributed by atoms with Crippen LogP contribution in [-0.2, 0) is 9.53 Å². The van der Waals surface area contributed by atoms with Crippen LogP contribution in [0, 0.1) is 5.92 Å². The molecule has 0 aromatic rings. The zero-order valence-corrected chi connectivity index (χ0v) is 13.5. The van der Waals surface area contributed by atoms with Gasteiger partial charge < -0.3 is 15.0 Å². The van der Waals surface area contributed by atoms with Gasteiger partial charge in [-0.05, 0) is 53.4 Å². The molecular formula is C15H28N2O3. The number of ether oxygens (including phenoxy) is 1. The van der Waals surface area contributed by atoms with E-state index in [9.17, 15) is 9.59 Å². The zero-order chi connectivity index (χ0) is 15.5. The van der Waals surface area contributed by atoms with Crippen LogP contribution in [0.2, 0.25) is 0 Å². The van der Waals surface area contributed by atoms with E-state index in [4.69, 9.17) is 4.74 Å². The molecule has 20 heavy (non-hydrogen) atoms. The van der Waals surface area contributed by atoms with Crippen molar-refractivity contribution in [2.75, 3.05) is 6.54 Å². The zero-order valence-electron chi connectivity index (χ0n) is 13.5. The molecule has 0 spiro atoms. The maximum Gasteiger partial charge on any atom is 0.408 e. The largest absolute Gasteiger partial charge is 0.444 e. The molecule has 2 amide bonds. The molecule has 0 aromatic heterocycles. The van der Waals surface area contributed by atoms with Gasteiger partial charge in [0.15, 0.2) is 0 Å². The fourth-order valence-corrected chi connectivity index (χ4v) is 2.44. The van der Waals surface area contributed by atoms with Gasteiger partial charge in [0.1, 0.15) is 11.6 Å². The average Bonchev–Trinajstić information content (AvgIpc) is 2.29. The summed E-state index contributed by atoms with van der Waals surface area (Å²) in [5.74, 6) is 0.469. The standard InChI is InChI=1S/C15H28N2O3/c1-10-8-7-9-17(12(10)3)13(18)11(2)16-14(19)20-15(4,5)6/h10-12H,7-9H2,1-6H3,(H,16,19). The topological polar surface area (TPSA) is 58.6 Å². The van der Waals surface area contributed by atoms with Crippen molar-refractivity contribution in [2.24, 2.45) is 5.92 Å². The van der Waals surface area contributed by atoms with Gasteiger partial charge in [0, 0.05) is 12.6 Å². The van der Waals surface area contributed by atoms with E-state index in [1.807, 2.05) is 4.90 Å². The second kappa shape index (κ2) is 6.46. The van der Waals surface area contributed by atoms with Crippen LogP contribution in [-0.4, -0.2) is 41.1 Å². The van der Waals surface area contributed by atoms with Gasteiger partial charge in [-0.3, -0.25) is 4.79 Å². The van der Waals surface area contributed by atoms with E-state index in [-0.39, 0.29) is 11.9 Å². The summed E-state index contributed by atoms with van der Waals surface area (Å²) >= 11 is 0. The number of hydrogen-bond acceptors (Lipinski definition) is 3. The third kappa shape index (κ3) is 4.69. The minimum absolute atomic E-state index is 0.0325. The van der Waals surface area contributed by atoms with Crippen molar-refractivity contribution >= 4 is 12.0 Å². The summed E-state index contributed by atoms with van der Waals surface area (Å²) in [7, 11) is 0. The lowest BCUT2D eigenvalue weighted by molar-refractivity contribution is -0.137. The molecule has 1 saturated heterocycles. The van der Waals surface area contributed by atoms with Gasteiger partial charge in [-0.25, -0.2) is 4.79 Å². The molecular weight excluding hydrogens is 256 g/mol. The van der Waals surface area contributed by atoms with Crippen LogP contribution in [0.3, 0.4) is 0 Å². The first kappa shape index (κ1) is 16.8. The molecule has 3 unspecified atom stereocenters. The fourth-order valence-electron chi connectivity index (χ4n) is 2.44. The molecule has 1 aliphatic heterocycles. The van der Waals surface area contributed by atoms with Gasteiger partial charge in [-0.2, -0.15) is 0 Å². The minimum Gasteiger partial charge on any atom is -0.444 e. The Labute approximate surface area is 122 Å². The lowest BCUT2D eigenvalue weighted by Crippen LogP contribution is -2.53. The molecule has 1 heterocycles. The number of nitrogens with zero attached hydrogens (tertiary/aromatic N) is 1. The SMILES string of the molecule is CC(NC(=O)OC(C)(C)C)C(=O)N1CCCC(C)C1C. The van der Waals surface area contributed by atoms with Crippen LogP contribution in [0.1, 0.15) is 54.4 Å². The first-order valence-electron chi connectivity index (χ1n) is 7.42. The van der Waals surface area contributed by atoms with Gasteiger partial charge in [0.25, 0.3) is 0 Å². The molecule has 5 heteroatoms. The molecule has 0 bridgehead atoms. The molecule has 1 rings (SSSR count).